The summed E-state index contributed by atoms with van der Waals surface area (Å²) in [6.45, 7) is 2.98. The fourth-order valence-electron chi connectivity index (χ4n) is 5.47. The lowest BCUT2D eigenvalue weighted by atomic mass is 9.85. The minimum absolute atomic E-state index is 0.324. The standard InChI is InChI=1S/C25H32N6O2S/c32-34(33,30(17-21-7-4-8-21)14-10-20-5-2-1-3-6-20)31-16-15-29(18-25(31)11-12-25)24-22-9-13-26-23(22)27-19-28-24/h1-3,5-6,9,13,19,21H,4,7-8,10-12,14-18H2,(H,26,27,28). The van der Waals surface area contributed by atoms with Gasteiger partial charge >= 0.3 is 0 Å². The minimum Gasteiger partial charge on any atom is -0.353 e. The van der Waals surface area contributed by atoms with E-state index in [4.69, 9.17) is 0 Å². The number of benzene rings is 1. The molecule has 9 heteroatoms. The van der Waals surface area contributed by atoms with Gasteiger partial charge < -0.3 is 9.88 Å². The van der Waals surface area contributed by atoms with E-state index in [0.29, 0.717) is 38.6 Å². The molecule has 0 bridgehead atoms. The zero-order chi connectivity index (χ0) is 23.2. The van der Waals surface area contributed by atoms with Crippen molar-refractivity contribution in [3.63, 3.8) is 0 Å². The molecule has 3 aliphatic rings. The molecule has 8 nitrogen and oxygen atoms in total. The Kier molecular flexibility index (Phi) is 5.58. The lowest BCUT2D eigenvalue weighted by molar-refractivity contribution is 0.211. The van der Waals surface area contributed by atoms with Crippen LogP contribution in [-0.4, -0.2) is 70.2 Å². The molecule has 0 amide bonds. The highest BCUT2D eigenvalue weighted by Crippen LogP contribution is 2.47. The van der Waals surface area contributed by atoms with E-state index < -0.39 is 10.2 Å². The van der Waals surface area contributed by atoms with Gasteiger partial charge in [-0.15, -0.1) is 0 Å². The number of nitrogens with one attached hydrogen (secondary N) is 1. The summed E-state index contributed by atoms with van der Waals surface area (Å²) in [6, 6.07) is 12.2. The van der Waals surface area contributed by atoms with Gasteiger partial charge in [0.1, 0.15) is 17.8 Å². The Morgan fingerprint density at radius 2 is 1.91 bits per heavy atom. The molecule has 3 aromatic rings. The number of anilines is 1. The van der Waals surface area contributed by atoms with Gasteiger partial charge in [-0.1, -0.05) is 36.8 Å². The van der Waals surface area contributed by atoms with Gasteiger partial charge in [0.2, 0.25) is 0 Å². The first kappa shape index (κ1) is 22.0. The average Bonchev–Trinajstić information content (AvgIpc) is 3.39. The van der Waals surface area contributed by atoms with Gasteiger partial charge in [0.15, 0.2) is 0 Å². The Morgan fingerprint density at radius 1 is 1.09 bits per heavy atom. The molecule has 1 aliphatic heterocycles. The first-order chi connectivity index (χ1) is 16.6. The van der Waals surface area contributed by atoms with Crippen molar-refractivity contribution in [1.29, 1.82) is 0 Å². The molecular formula is C25H32N6O2S. The predicted molar refractivity (Wildman–Crippen MR) is 133 cm³/mol. The number of hydrogen-bond donors (Lipinski definition) is 1. The highest BCUT2D eigenvalue weighted by molar-refractivity contribution is 7.86. The fourth-order valence-corrected chi connectivity index (χ4v) is 7.51. The van der Waals surface area contributed by atoms with E-state index in [1.807, 2.05) is 34.8 Å². The topological polar surface area (TPSA) is 85.4 Å². The lowest BCUT2D eigenvalue weighted by Crippen LogP contribution is -2.60. The van der Waals surface area contributed by atoms with Gasteiger partial charge in [-0.2, -0.15) is 17.0 Å². The molecule has 1 N–H and O–H groups in total. The van der Waals surface area contributed by atoms with E-state index in [0.717, 1.165) is 49.0 Å². The van der Waals surface area contributed by atoms with Crippen LogP contribution in [0.5, 0.6) is 0 Å². The summed E-state index contributed by atoms with van der Waals surface area (Å²) in [6.07, 6.45) is 9.49. The monoisotopic (exact) mass is 480 g/mol. The smallest absolute Gasteiger partial charge is 0.282 e. The van der Waals surface area contributed by atoms with Crippen LogP contribution in [-0.2, 0) is 16.6 Å². The first-order valence-corrected chi connectivity index (χ1v) is 13.8. The highest BCUT2D eigenvalue weighted by atomic mass is 32.2. The van der Waals surface area contributed by atoms with Crippen LogP contribution < -0.4 is 4.90 Å². The second kappa shape index (κ2) is 8.62. The lowest BCUT2D eigenvalue weighted by Gasteiger charge is -2.44. The normalized spacial score (nSPS) is 20.8. The third kappa shape index (κ3) is 3.99. The molecule has 34 heavy (non-hydrogen) atoms. The second-order valence-electron chi connectivity index (χ2n) is 10.1. The van der Waals surface area contributed by atoms with Crippen LogP contribution in [0.4, 0.5) is 5.82 Å². The Bertz CT molecular complexity index is 1250. The van der Waals surface area contributed by atoms with Crippen LogP contribution in [0, 0.1) is 5.92 Å². The van der Waals surface area contributed by atoms with Crippen LogP contribution in [0.1, 0.15) is 37.7 Å². The van der Waals surface area contributed by atoms with Crippen molar-refractivity contribution < 1.29 is 8.42 Å². The fraction of sp³-hybridized carbons (Fsp3) is 0.520. The molecule has 0 radical (unpaired) electrons. The number of aromatic amines is 1. The SMILES string of the molecule is O=S(=O)(N(CCc1ccccc1)CC1CCC1)N1CCN(c2ncnc3[nH]ccc23)CC12CC2. The van der Waals surface area contributed by atoms with Crippen molar-refractivity contribution in [1.82, 2.24) is 23.6 Å². The second-order valence-corrected chi connectivity index (χ2v) is 11.9. The Hall–Kier alpha value is -2.49. The van der Waals surface area contributed by atoms with Crippen LogP contribution >= 0.6 is 0 Å². The summed E-state index contributed by atoms with van der Waals surface area (Å²) in [5.74, 6) is 1.38. The summed E-state index contributed by atoms with van der Waals surface area (Å²) in [7, 11) is -3.55. The van der Waals surface area contributed by atoms with E-state index in [1.54, 1.807) is 10.6 Å². The third-order valence-electron chi connectivity index (χ3n) is 7.83. The number of hydrogen-bond acceptors (Lipinski definition) is 5. The molecule has 0 unspecified atom stereocenters. The predicted octanol–water partition coefficient (Wildman–Crippen LogP) is 3.20. The van der Waals surface area contributed by atoms with Crippen LogP contribution in [0.3, 0.4) is 0 Å². The molecule has 2 aliphatic carbocycles. The molecular weight excluding hydrogens is 448 g/mol. The third-order valence-corrected chi connectivity index (χ3v) is 9.94. The summed E-state index contributed by atoms with van der Waals surface area (Å²) in [5, 5.41) is 0.990. The van der Waals surface area contributed by atoms with Crippen molar-refractivity contribution in [2.24, 2.45) is 5.92 Å². The molecule has 1 spiro atoms. The van der Waals surface area contributed by atoms with Crippen molar-refractivity contribution in [3.8, 4) is 0 Å². The molecule has 2 aromatic heterocycles. The van der Waals surface area contributed by atoms with Gasteiger partial charge in [-0.3, -0.25) is 0 Å². The Labute approximate surface area is 201 Å². The molecule has 3 heterocycles. The van der Waals surface area contributed by atoms with E-state index in [2.05, 4.69) is 32.0 Å². The number of fused-ring (bicyclic) bond motifs is 1. The largest absolute Gasteiger partial charge is 0.353 e. The van der Waals surface area contributed by atoms with E-state index in [-0.39, 0.29) is 5.54 Å². The number of H-pyrrole nitrogens is 1. The first-order valence-electron chi connectivity index (χ1n) is 12.4. The van der Waals surface area contributed by atoms with Crippen molar-refractivity contribution in [2.75, 3.05) is 37.6 Å². The van der Waals surface area contributed by atoms with Crippen molar-refractivity contribution in [3.05, 3.63) is 54.5 Å². The average molecular weight is 481 g/mol. The minimum atomic E-state index is -3.55. The van der Waals surface area contributed by atoms with Gasteiger partial charge in [0, 0.05) is 38.9 Å². The molecule has 2 saturated carbocycles. The molecule has 180 valence electrons. The Morgan fingerprint density at radius 3 is 2.65 bits per heavy atom. The number of aromatic nitrogens is 3. The van der Waals surface area contributed by atoms with E-state index in [1.165, 1.54) is 12.0 Å². The maximum atomic E-state index is 14.1. The molecule has 0 atom stereocenters. The van der Waals surface area contributed by atoms with Gasteiger partial charge in [0.05, 0.1) is 10.9 Å². The van der Waals surface area contributed by atoms with E-state index in [9.17, 15) is 8.42 Å². The summed E-state index contributed by atoms with van der Waals surface area (Å²) in [4.78, 5) is 14.3. The molecule has 3 fully saturated rings. The molecule has 6 rings (SSSR count). The maximum Gasteiger partial charge on any atom is 0.282 e. The van der Waals surface area contributed by atoms with Gasteiger partial charge in [-0.05, 0) is 49.7 Å². The highest BCUT2D eigenvalue weighted by Gasteiger charge is 2.57. The zero-order valence-corrected chi connectivity index (χ0v) is 20.3. The molecule has 1 saturated heterocycles. The number of nitrogens with zero attached hydrogens (tertiary/aromatic N) is 5. The Balaban J connectivity index is 1.23. The van der Waals surface area contributed by atoms with Crippen LogP contribution in [0.25, 0.3) is 11.0 Å². The van der Waals surface area contributed by atoms with E-state index >= 15 is 0 Å². The number of piperazine rings is 1. The van der Waals surface area contributed by atoms with Gasteiger partial charge in [-0.25, -0.2) is 9.97 Å². The van der Waals surface area contributed by atoms with Crippen molar-refractivity contribution in [2.45, 2.75) is 44.1 Å². The maximum absolute atomic E-state index is 14.1. The van der Waals surface area contributed by atoms with Crippen LogP contribution in [0.15, 0.2) is 48.9 Å². The quantitative estimate of drug-likeness (QED) is 0.535. The summed E-state index contributed by atoms with van der Waals surface area (Å²) >= 11 is 0. The summed E-state index contributed by atoms with van der Waals surface area (Å²) < 4.78 is 31.7. The van der Waals surface area contributed by atoms with Crippen LogP contribution in [0.2, 0.25) is 0 Å². The van der Waals surface area contributed by atoms with Gasteiger partial charge in [0.25, 0.3) is 10.2 Å². The molecule has 1 aromatic carbocycles. The number of rotatable bonds is 8. The summed E-state index contributed by atoms with van der Waals surface area (Å²) in [5.41, 5.74) is 1.67. The van der Waals surface area contributed by atoms with Crippen molar-refractivity contribution >= 4 is 27.1 Å². The zero-order valence-electron chi connectivity index (χ0n) is 19.4.